The molecule has 0 aliphatic carbocycles. The van der Waals surface area contributed by atoms with Crippen LogP contribution in [0.3, 0.4) is 0 Å². The van der Waals surface area contributed by atoms with Gasteiger partial charge < -0.3 is 4.98 Å². The number of imidazole rings is 1. The van der Waals surface area contributed by atoms with E-state index in [-0.39, 0.29) is 11.5 Å². The first kappa shape index (κ1) is 10.7. The van der Waals surface area contributed by atoms with Gasteiger partial charge in [0.2, 0.25) is 0 Å². The molecule has 7 heteroatoms. The second-order valence-electron chi connectivity index (χ2n) is 3.59. The van der Waals surface area contributed by atoms with Crippen LogP contribution in [0.25, 0.3) is 22.6 Å². The Bertz CT molecular complexity index is 682. The summed E-state index contributed by atoms with van der Waals surface area (Å²) >= 11 is 0. The molecule has 2 aromatic heterocycles. The Labute approximate surface area is 98.5 Å². The molecule has 3 rings (SSSR count). The average Bonchev–Trinajstić information content (AvgIpc) is 2.70. The van der Waals surface area contributed by atoms with Gasteiger partial charge in [-0.1, -0.05) is 0 Å². The highest BCUT2D eigenvalue weighted by molar-refractivity contribution is 5.75. The molecule has 0 saturated carbocycles. The molecule has 0 radical (unpaired) electrons. The number of nitrogens with zero attached hydrogens (tertiary/aromatic N) is 3. The monoisotopic (exact) mass is 250 g/mol. The first-order chi connectivity index (χ1) is 8.65. The van der Waals surface area contributed by atoms with Crippen molar-refractivity contribution in [2.75, 3.05) is 0 Å². The molecule has 1 aromatic carbocycles. The van der Waals surface area contributed by atoms with Gasteiger partial charge in [-0.3, -0.25) is 0 Å². The smallest absolute Gasteiger partial charge is 0.181 e. The predicted molar refractivity (Wildman–Crippen MR) is 57.0 cm³/mol. The molecule has 0 aliphatic heterocycles. The molecule has 0 unspecified atom stereocenters. The fourth-order valence-electron chi connectivity index (χ4n) is 1.65. The van der Waals surface area contributed by atoms with Gasteiger partial charge in [-0.05, 0) is 0 Å². The largest absolute Gasteiger partial charge is 0.335 e. The molecule has 0 fully saturated rings. The van der Waals surface area contributed by atoms with Crippen LogP contribution in [0.5, 0.6) is 0 Å². The van der Waals surface area contributed by atoms with Gasteiger partial charge in [0.1, 0.15) is 35.1 Å². The quantitative estimate of drug-likeness (QED) is 0.721. The van der Waals surface area contributed by atoms with E-state index >= 15 is 0 Å². The van der Waals surface area contributed by atoms with E-state index in [1.165, 1.54) is 12.5 Å². The van der Waals surface area contributed by atoms with E-state index in [1.807, 2.05) is 0 Å². The lowest BCUT2D eigenvalue weighted by molar-refractivity contribution is 0.547. The maximum atomic E-state index is 13.5. The Morgan fingerprint density at radius 2 is 1.78 bits per heavy atom. The van der Waals surface area contributed by atoms with Gasteiger partial charge in [0.15, 0.2) is 5.65 Å². The SMILES string of the molecule is Fc1cc(F)c(-c2nc3ncncc3[nH]2)c(F)c1. The molecule has 2 heterocycles. The molecular formula is C11H5F3N4. The lowest BCUT2D eigenvalue weighted by Gasteiger charge is -2.01. The van der Waals surface area contributed by atoms with E-state index in [0.717, 1.165) is 0 Å². The summed E-state index contributed by atoms with van der Waals surface area (Å²) in [4.78, 5) is 14.2. The summed E-state index contributed by atoms with van der Waals surface area (Å²) in [6.07, 6.45) is 2.70. The third kappa shape index (κ3) is 1.60. The number of aromatic nitrogens is 4. The number of aromatic amines is 1. The van der Waals surface area contributed by atoms with Gasteiger partial charge in [-0.15, -0.1) is 0 Å². The van der Waals surface area contributed by atoms with Gasteiger partial charge in [0.05, 0.1) is 11.8 Å². The fourth-order valence-corrected chi connectivity index (χ4v) is 1.65. The van der Waals surface area contributed by atoms with Crippen molar-refractivity contribution in [2.24, 2.45) is 0 Å². The second kappa shape index (κ2) is 3.80. The van der Waals surface area contributed by atoms with Crippen molar-refractivity contribution in [3.8, 4) is 11.4 Å². The molecule has 0 bridgehead atoms. The van der Waals surface area contributed by atoms with Gasteiger partial charge in [0, 0.05) is 12.1 Å². The Kier molecular flexibility index (Phi) is 2.26. The lowest BCUT2D eigenvalue weighted by Crippen LogP contribution is -1.93. The highest BCUT2D eigenvalue weighted by atomic mass is 19.1. The fraction of sp³-hybridized carbons (Fsp3) is 0. The molecule has 0 atom stereocenters. The van der Waals surface area contributed by atoms with E-state index in [9.17, 15) is 13.2 Å². The second-order valence-corrected chi connectivity index (χ2v) is 3.59. The zero-order valence-corrected chi connectivity index (χ0v) is 8.78. The molecule has 1 N–H and O–H groups in total. The lowest BCUT2D eigenvalue weighted by atomic mass is 10.2. The Morgan fingerprint density at radius 3 is 2.44 bits per heavy atom. The summed E-state index contributed by atoms with van der Waals surface area (Å²) < 4.78 is 39.9. The maximum Gasteiger partial charge on any atom is 0.181 e. The van der Waals surface area contributed by atoms with E-state index < -0.39 is 23.0 Å². The maximum absolute atomic E-state index is 13.5. The predicted octanol–water partition coefficient (Wildman–Crippen LogP) is 2.44. The summed E-state index contributed by atoms with van der Waals surface area (Å²) in [6, 6.07) is 1.19. The average molecular weight is 250 g/mol. The third-order valence-electron chi connectivity index (χ3n) is 2.41. The minimum Gasteiger partial charge on any atom is -0.335 e. The van der Waals surface area contributed by atoms with E-state index in [4.69, 9.17) is 0 Å². The Hall–Kier alpha value is -2.44. The van der Waals surface area contributed by atoms with Gasteiger partial charge in [0.25, 0.3) is 0 Å². The molecule has 90 valence electrons. The highest BCUT2D eigenvalue weighted by Crippen LogP contribution is 2.25. The number of rotatable bonds is 1. The number of halogens is 3. The molecule has 3 aromatic rings. The third-order valence-corrected chi connectivity index (χ3v) is 2.41. The normalized spacial score (nSPS) is 11.1. The van der Waals surface area contributed by atoms with Crippen molar-refractivity contribution in [3.63, 3.8) is 0 Å². The van der Waals surface area contributed by atoms with Crippen molar-refractivity contribution in [1.82, 2.24) is 19.9 Å². The standard InChI is InChI=1S/C11H5F3N4/c12-5-1-6(13)9(7(14)2-5)11-17-8-3-15-4-16-10(8)18-11/h1-4H,(H,15,16,17,18). The van der Waals surface area contributed by atoms with Gasteiger partial charge in [-0.2, -0.15) is 0 Å². The van der Waals surface area contributed by atoms with E-state index in [0.29, 0.717) is 17.6 Å². The van der Waals surface area contributed by atoms with Crippen LogP contribution in [0, 0.1) is 17.5 Å². The van der Waals surface area contributed by atoms with Crippen LogP contribution in [-0.2, 0) is 0 Å². The van der Waals surface area contributed by atoms with E-state index in [1.54, 1.807) is 0 Å². The van der Waals surface area contributed by atoms with Gasteiger partial charge in [-0.25, -0.2) is 28.1 Å². The summed E-state index contributed by atoms with van der Waals surface area (Å²) in [7, 11) is 0. The molecule has 0 aliphatic rings. The number of hydrogen-bond donors (Lipinski definition) is 1. The molecule has 0 spiro atoms. The highest BCUT2D eigenvalue weighted by Gasteiger charge is 2.17. The van der Waals surface area contributed by atoms with E-state index in [2.05, 4.69) is 19.9 Å². The summed E-state index contributed by atoms with van der Waals surface area (Å²) in [5.41, 5.74) is 0.299. The van der Waals surface area contributed by atoms with Crippen molar-refractivity contribution in [1.29, 1.82) is 0 Å². The Morgan fingerprint density at radius 1 is 1.06 bits per heavy atom. The molecule has 0 amide bonds. The minimum atomic E-state index is -1.03. The number of hydrogen-bond acceptors (Lipinski definition) is 3. The zero-order valence-electron chi connectivity index (χ0n) is 8.78. The van der Waals surface area contributed by atoms with Crippen LogP contribution < -0.4 is 0 Å². The minimum absolute atomic E-state index is 0.0551. The van der Waals surface area contributed by atoms with Crippen LogP contribution >= 0.6 is 0 Å². The van der Waals surface area contributed by atoms with Crippen molar-refractivity contribution >= 4 is 11.2 Å². The molecule has 0 saturated heterocycles. The molecule has 18 heavy (non-hydrogen) atoms. The number of nitrogens with one attached hydrogen (secondary N) is 1. The topological polar surface area (TPSA) is 54.5 Å². The van der Waals surface area contributed by atoms with Crippen LogP contribution in [0.2, 0.25) is 0 Å². The number of fused-ring (bicyclic) bond motifs is 1. The summed E-state index contributed by atoms with van der Waals surface area (Å²) in [6.45, 7) is 0. The van der Waals surface area contributed by atoms with Crippen LogP contribution in [0.4, 0.5) is 13.2 Å². The summed E-state index contributed by atoms with van der Waals surface area (Å²) in [5, 5.41) is 0. The first-order valence-electron chi connectivity index (χ1n) is 4.96. The summed E-state index contributed by atoms with van der Waals surface area (Å²) in [5.74, 6) is -3.09. The molecular weight excluding hydrogens is 245 g/mol. The van der Waals surface area contributed by atoms with Gasteiger partial charge >= 0.3 is 0 Å². The van der Waals surface area contributed by atoms with Crippen molar-refractivity contribution < 1.29 is 13.2 Å². The van der Waals surface area contributed by atoms with Crippen LogP contribution in [-0.4, -0.2) is 19.9 Å². The Balaban J connectivity index is 2.26. The van der Waals surface area contributed by atoms with Crippen LogP contribution in [0.15, 0.2) is 24.7 Å². The van der Waals surface area contributed by atoms with Crippen LogP contribution in [0.1, 0.15) is 0 Å². The molecule has 4 nitrogen and oxygen atoms in total. The number of benzene rings is 1. The van der Waals surface area contributed by atoms with Crippen molar-refractivity contribution in [2.45, 2.75) is 0 Å². The van der Waals surface area contributed by atoms with Crippen molar-refractivity contribution in [3.05, 3.63) is 42.1 Å². The number of H-pyrrole nitrogens is 1. The zero-order chi connectivity index (χ0) is 12.7. The first-order valence-corrected chi connectivity index (χ1v) is 4.96.